The molecule has 4 rings (SSSR count). The summed E-state index contributed by atoms with van der Waals surface area (Å²) in [4.78, 5) is 39.7. The second-order valence-electron chi connectivity index (χ2n) is 6.93. The number of benzene rings is 2. The van der Waals surface area contributed by atoms with Gasteiger partial charge in [-0.25, -0.2) is 4.39 Å². The molecule has 0 aromatic heterocycles. The standard InChI is InChI=1S/C21H19FN2O4S/c22-15-4-6-17(7-5-15)28-18-3-1-2-14(12-18)20(26)23-10-8-16(9-11-23)24-19(25)13-29-21(24)27/h1-7,12,16H,8-11,13H2. The Kier molecular flexibility index (Phi) is 5.53. The molecule has 0 aliphatic carbocycles. The number of imide groups is 1. The number of ether oxygens (including phenoxy) is 1. The van der Waals surface area contributed by atoms with Crippen LogP contribution in [0.15, 0.2) is 48.5 Å². The molecular formula is C21H19FN2O4S. The summed E-state index contributed by atoms with van der Waals surface area (Å²) in [6.45, 7) is 0.961. The van der Waals surface area contributed by atoms with Crippen LogP contribution >= 0.6 is 11.8 Å². The summed E-state index contributed by atoms with van der Waals surface area (Å²) in [5, 5.41) is -0.189. The highest BCUT2D eigenvalue weighted by atomic mass is 32.2. The molecule has 0 N–H and O–H groups in total. The molecule has 0 radical (unpaired) electrons. The molecule has 2 aromatic carbocycles. The minimum absolute atomic E-state index is 0.124. The topological polar surface area (TPSA) is 66.9 Å². The first-order valence-electron chi connectivity index (χ1n) is 9.33. The first-order valence-corrected chi connectivity index (χ1v) is 10.3. The zero-order valence-electron chi connectivity index (χ0n) is 15.5. The number of rotatable bonds is 4. The third-order valence-corrected chi connectivity index (χ3v) is 5.87. The monoisotopic (exact) mass is 414 g/mol. The lowest BCUT2D eigenvalue weighted by Crippen LogP contribution is -2.48. The molecule has 29 heavy (non-hydrogen) atoms. The van der Waals surface area contributed by atoms with Crippen molar-refractivity contribution in [1.29, 1.82) is 0 Å². The van der Waals surface area contributed by atoms with Crippen LogP contribution < -0.4 is 4.74 Å². The molecule has 0 unspecified atom stereocenters. The Morgan fingerprint density at radius 3 is 2.41 bits per heavy atom. The lowest BCUT2D eigenvalue weighted by molar-refractivity contribution is -0.126. The van der Waals surface area contributed by atoms with E-state index in [4.69, 9.17) is 4.74 Å². The predicted octanol–water partition coefficient (Wildman–Crippen LogP) is 3.92. The van der Waals surface area contributed by atoms with Crippen molar-refractivity contribution in [3.05, 3.63) is 59.9 Å². The van der Waals surface area contributed by atoms with Crippen molar-refractivity contribution in [2.24, 2.45) is 0 Å². The van der Waals surface area contributed by atoms with E-state index in [9.17, 15) is 18.8 Å². The van der Waals surface area contributed by atoms with Gasteiger partial charge in [0.2, 0.25) is 5.91 Å². The van der Waals surface area contributed by atoms with Crippen LogP contribution in [-0.2, 0) is 4.79 Å². The van der Waals surface area contributed by atoms with Crippen molar-refractivity contribution in [3.63, 3.8) is 0 Å². The first-order chi connectivity index (χ1) is 14.0. The fourth-order valence-electron chi connectivity index (χ4n) is 3.56. The Labute approximate surface area is 171 Å². The fourth-order valence-corrected chi connectivity index (χ4v) is 4.33. The number of carbonyl (C=O) groups excluding carboxylic acids is 3. The van der Waals surface area contributed by atoms with Gasteiger partial charge in [0.1, 0.15) is 17.3 Å². The molecule has 2 heterocycles. The molecule has 2 aliphatic heterocycles. The van der Waals surface area contributed by atoms with Crippen molar-refractivity contribution < 1.29 is 23.5 Å². The third-order valence-electron chi connectivity index (χ3n) is 5.03. The lowest BCUT2D eigenvalue weighted by atomic mass is 10.0. The molecule has 0 spiro atoms. The number of hydrogen-bond acceptors (Lipinski definition) is 5. The molecule has 2 aliphatic rings. The number of hydrogen-bond donors (Lipinski definition) is 0. The van der Waals surface area contributed by atoms with Crippen molar-refractivity contribution in [2.75, 3.05) is 18.8 Å². The number of nitrogens with zero attached hydrogens (tertiary/aromatic N) is 2. The average Bonchev–Trinajstić information content (AvgIpc) is 3.08. The SMILES string of the molecule is O=C(c1cccc(Oc2ccc(F)cc2)c1)N1CCC(N2C(=O)CSC2=O)CC1. The van der Waals surface area contributed by atoms with Crippen molar-refractivity contribution in [2.45, 2.75) is 18.9 Å². The van der Waals surface area contributed by atoms with E-state index in [1.807, 2.05) is 0 Å². The van der Waals surface area contributed by atoms with E-state index in [2.05, 4.69) is 0 Å². The fraction of sp³-hybridized carbons (Fsp3) is 0.286. The maximum absolute atomic E-state index is 13.0. The van der Waals surface area contributed by atoms with E-state index in [0.29, 0.717) is 43.0 Å². The van der Waals surface area contributed by atoms with E-state index in [-0.39, 0.29) is 34.7 Å². The van der Waals surface area contributed by atoms with Gasteiger partial charge in [-0.3, -0.25) is 19.3 Å². The van der Waals surface area contributed by atoms with E-state index in [0.717, 1.165) is 11.8 Å². The van der Waals surface area contributed by atoms with Gasteiger partial charge in [0.05, 0.1) is 5.75 Å². The van der Waals surface area contributed by atoms with Crippen LogP contribution in [0.4, 0.5) is 9.18 Å². The second-order valence-corrected chi connectivity index (χ2v) is 7.85. The largest absolute Gasteiger partial charge is 0.457 e. The zero-order chi connectivity index (χ0) is 20.4. The van der Waals surface area contributed by atoms with Gasteiger partial charge in [0, 0.05) is 24.7 Å². The Balaban J connectivity index is 1.39. The molecule has 6 nitrogen and oxygen atoms in total. The average molecular weight is 414 g/mol. The van der Waals surface area contributed by atoms with E-state index >= 15 is 0 Å². The van der Waals surface area contributed by atoms with Gasteiger partial charge in [-0.2, -0.15) is 0 Å². The van der Waals surface area contributed by atoms with Crippen LogP contribution in [0.25, 0.3) is 0 Å². The van der Waals surface area contributed by atoms with Crippen molar-refractivity contribution in [1.82, 2.24) is 9.80 Å². The number of carbonyl (C=O) groups is 3. The quantitative estimate of drug-likeness (QED) is 0.759. The van der Waals surface area contributed by atoms with Gasteiger partial charge < -0.3 is 9.64 Å². The van der Waals surface area contributed by atoms with Crippen molar-refractivity contribution >= 4 is 28.8 Å². The van der Waals surface area contributed by atoms with Gasteiger partial charge in [-0.05, 0) is 55.3 Å². The molecule has 2 fully saturated rings. The molecule has 8 heteroatoms. The number of piperidine rings is 1. The van der Waals surface area contributed by atoms with E-state index in [1.165, 1.54) is 29.2 Å². The molecule has 0 saturated carbocycles. The second kappa shape index (κ2) is 8.24. The van der Waals surface area contributed by atoms with Crippen molar-refractivity contribution in [3.8, 4) is 11.5 Å². The highest BCUT2D eigenvalue weighted by Gasteiger charge is 2.38. The van der Waals surface area contributed by atoms with Crippen LogP contribution in [0.3, 0.4) is 0 Å². The molecular weight excluding hydrogens is 395 g/mol. The number of thioether (sulfide) groups is 1. The Morgan fingerprint density at radius 1 is 1.03 bits per heavy atom. The number of halogens is 1. The van der Waals surface area contributed by atoms with E-state index in [1.54, 1.807) is 29.2 Å². The minimum Gasteiger partial charge on any atom is -0.457 e. The number of likely N-dealkylation sites (tertiary alicyclic amines) is 1. The molecule has 3 amide bonds. The normalized spacial score (nSPS) is 17.7. The Morgan fingerprint density at radius 2 is 1.76 bits per heavy atom. The Hall–Kier alpha value is -2.87. The first kappa shape index (κ1) is 19.4. The minimum atomic E-state index is -0.347. The van der Waals surface area contributed by atoms with Crippen LogP contribution in [0, 0.1) is 5.82 Å². The van der Waals surface area contributed by atoms with Crippen LogP contribution in [0.2, 0.25) is 0 Å². The van der Waals surface area contributed by atoms with Gasteiger partial charge in [0.25, 0.3) is 11.1 Å². The molecule has 0 bridgehead atoms. The number of amides is 3. The zero-order valence-corrected chi connectivity index (χ0v) is 16.4. The smallest absolute Gasteiger partial charge is 0.289 e. The summed E-state index contributed by atoms with van der Waals surface area (Å²) in [5.41, 5.74) is 0.493. The summed E-state index contributed by atoms with van der Waals surface area (Å²) in [7, 11) is 0. The van der Waals surface area contributed by atoms with E-state index < -0.39 is 0 Å². The van der Waals surface area contributed by atoms with Gasteiger partial charge in [0.15, 0.2) is 0 Å². The Bertz CT molecular complexity index is 926. The molecule has 2 aromatic rings. The highest BCUT2D eigenvalue weighted by Crippen LogP contribution is 2.28. The van der Waals surface area contributed by atoms with Crippen LogP contribution in [0.1, 0.15) is 23.2 Å². The summed E-state index contributed by atoms with van der Waals surface area (Å²) < 4.78 is 18.7. The molecule has 0 atom stereocenters. The third kappa shape index (κ3) is 4.27. The molecule has 150 valence electrons. The summed E-state index contributed by atoms with van der Waals surface area (Å²) in [6, 6.07) is 12.4. The maximum atomic E-state index is 13.0. The highest BCUT2D eigenvalue weighted by molar-refractivity contribution is 8.14. The summed E-state index contributed by atoms with van der Waals surface area (Å²) in [6.07, 6.45) is 1.16. The van der Waals surface area contributed by atoms with Crippen LogP contribution in [0.5, 0.6) is 11.5 Å². The maximum Gasteiger partial charge on any atom is 0.289 e. The summed E-state index contributed by atoms with van der Waals surface area (Å²) >= 11 is 1.04. The predicted molar refractivity (Wildman–Crippen MR) is 107 cm³/mol. The van der Waals surface area contributed by atoms with Gasteiger partial charge >= 0.3 is 0 Å². The molecule has 2 saturated heterocycles. The lowest BCUT2D eigenvalue weighted by Gasteiger charge is -2.35. The van der Waals surface area contributed by atoms with Gasteiger partial charge in [-0.15, -0.1) is 0 Å². The van der Waals surface area contributed by atoms with Crippen LogP contribution in [-0.4, -0.2) is 51.7 Å². The summed E-state index contributed by atoms with van der Waals surface area (Å²) in [5.74, 6) is 0.563. The van der Waals surface area contributed by atoms with Gasteiger partial charge in [-0.1, -0.05) is 17.8 Å².